The van der Waals surface area contributed by atoms with Crippen LogP contribution in [0.1, 0.15) is 0 Å². The van der Waals surface area contributed by atoms with Crippen molar-refractivity contribution >= 4 is 21.5 Å². The first-order chi connectivity index (χ1) is 10.5. The van der Waals surface area contributed by atoms with Crippen molar-refractivity contribution in [1.82, 2.24) is 9.97 Å². The minimum Gasteiger partial charge on any atom is -0.489 e. The molecule has 22 heavy (non-hydrogen) atoms. The number of hydrogen-bond acceptors (Lipinski definition) is 7. The van der Waals surface area contributed by atoms with Crippen LogP contribution in [0.2, 0.25) is 0 Å². The number of hydrogen-bond donors (Lipinski definition) is 2. The van der Waals surface area contributed by atoms with E-state index in [2.05, 4.69) is 20.0 Å². The molecule has 0 aliphatic carbocycles. The minimum absolute atomic E-state index is 0.00652. The van der Waals surface area contributed by atoms with Gasteiger partial charge >= 0.3 is 0 Å². The third-order valence-corrected chi connectivity index (χ3v) is 4.21. The largest absolute Gasteiger partial charge is 0.489 e. The minimum atomic E-state index is -3.80. The lowest BCUT2D eigenvalue weighted by Crippen LogP contribution is -2.15. The predicted octanol–water partition coefficient (Wildman–Crippen LogP) is 1.34. The molecule has 2 aromatic rings. The van der Waals surface area contributed by atoms with E-state index in [4.69, 9.17) is 9.47 Å². The molecular weight excluding hydrogens is 308 g/mol. The molecule has 8 nitrogen and oxygen atoms in total. The van der Waals surface area contributed by atoms with Crippen LogP contribution in [0.15, 0.2) is 35.5 Å². The molecule has 2 N–H and O–H groups in total. The van der Waals surface area contributed by atoms with Crippen molar-refractivity contribution in [1.29, 1.82) is 0 Å². The molecule has 118 valence electrons. The third-order valence-electron chi connectivity index (χ3n) is 2.85. The van der Waals surface area contributed by atoms with Crippen molar-refractivity contribution in [2.75, 3.05) is 31.3 Å². The third kappa shape index (κ3) is 3.19. The molecule has 0 saturated carbocycles. The zero-order valence-corrected chi connectivity index (χ0v) is 13.1. The maximum absolute atomic E-state index is 12.4. The van der Waals surface area contributed by atoms with Gasteiger partial charge in [-0.15, -0.1) is 0 Å². The molecular formula is C13H16N4O4S. The molecule has 2 rings (SSSR count). The van der Waals surface area contributed by atoms with Gasteiger partial charge in [0.2, 0.25) is 5.75 Å². The topological polar surface area (TPSA) is 102 Å². The highest BCUT2D eigenvalue weighted by molar-refractivity contribution is 7.92. The Morgan fingerprint density at radius 3 is 2.27 bits per heavy atom. The lowest BCUT2D eigenvalue weighted by molar-refractivity contribution is 0.342. The van der Waals surface area contributed by atoms with Crippen LogP contribution in [0, 0.1) is 0 Å². The van der Waals surface area contributed by atoms with Crippen molar-refractivity contribution in [3.63, 3.8) is 0 Å². The molecule has 0 radical (unpaired) electrons. The van der Waals surface area contributed by atoms with E-state index in [9.17, 15) is 8.42 Å². The van der Waals surface area contributed by atoms with Crippen molar-refractivity contribution in [2.45, 2.75) is 4.90 Å². The Bertz CT molecular complexity index is 747. The van der Waals surface area contributed by atoms with E-state index < -0.39 is 10.0 Å². The molecule has 0 spiro atoms. The number of rotatable bonds is 6. The molecule has 9 heteroatoms. The summed E-state index contributed by atoms with van der Waals surface area (Å²) in [5.74, 6) is 0.258. The van der Waals surface area contributed by atoms with Gasteiger partial charge in [-0.25, -0.2) is 13.4 Å². The Morgan fingerprint density at radius 2 is 1.73 bits per heavy atom. The van der Waals surface area contributed by atoms with Crippen LogP contribution in [0.4, 0.5) is 11.5 Å². The number of sulfonamides is 1. The van der Waals surface area contributed by atoms with E-state index in [1.807, 2.05) is 0 Å². The van der Waals surface area contributed by atoms with E-state index in [0.29, 0.717) is 0 Å². The normalized spacial score (nSPS) is 10.9. The number of nitrogens with one attached hydrogen (secondary N) is 2. The van der Waals surface area contributed by atoms with Gasteiger partial charge in [0.05, 0.1) is 19.1 Å². The summed E-state index contributed by atoms with van der Waals surface area (Å²) >= 11 is 0. The fourth-order valence-electron chi connectivity index (χ4n) is 1.75. The molecule has 1 aromatic carbocycles. The van der Waals surface area contributed by atoms with Crippen LogP contribution in [0.3, 0.4) is 0 Å². The molecule has 1 heterocycles. The zero-order chi connectivity index (χ0) is 16.2. The number of aromatic nitrogens is 2. The molecule has 1 aromatic heterocycles. The Balaban J connectivity index is 2.36. The quantitative estimate of drug-likeness (QED) is 0.826. The Labute approximate surface area is 128 Å². The van der Waals surface area contributed by atoms with Gasteiger partial charge < -0.3 is 14.8 Å². The predicted molar refractivity (Wildman–Crippen MR) is 81.9 cm³/mol. The maximum atomic E-state index is 12.4. The van der Waals surface area contributed by atoms with Crippen molar-refractivity contribution < 1.29 is 17.9 Å². The maximum Gasteiger partial charge on any atom is 0.263 e. The highest BCUT2D eigenvalue weighted by Crippen LogP contribution is 2.32. The summed E-state index contributed by atoms with van der Waals surface area (Å²) < 4.78 is 37.2. The van der Waals surface area contributed by atoms with Crippen LogP contribution in [0.5, 0.6) is 11.6 Å². The molecule has 0 aliphatic heterocycles. The zero-order valence-electron chi connectivity index (χ0n) is 12.3. The SMILES string of the molecule is CNc1ccc(S(=O)(=O)Nc2ncnc(OC)c2OC)cc1. The Kier molecular flexibility index (Phi) is 4.66. The highest BCUT2D eigenvalue weighted by atomic mass is 32.2. The smallest absolute Gasteiger partial charge is 0.263 e. The second kappa shape index (κ2) is 6.48. The Morgan fingerprint density at radius 1 is 1.05 bits per heavy atom. The Hall–Kier alpha value is -2.55. The van der Waals surface area contributed by atoms with Crippen LogP contribution in [0.25, 0.3) is 0 Å². The lowest BCUT2D eigenvalue weighted by Gasteiger charge is -2.12. The van der Waals surface area contributed by atoms with Crippen LogP contribution < -0.4 is 19.5 Å². The van der Waals surface area contributed by atoms with Crippen molar-refractivity contribution in [3.8, 4) is 11.6 Å². The van der Waals surface area contributed by atoms with Gasteiger partial charge in [0.15, 0.2) is 5.82 Å². The second-order valence-electron chi connectivity index (χ2n) is 4.14. The van der Waals surface area contributed by atoms with Crippen LogP contribution in [-0.4, -0.2) is 39.7 Å². The standard InChI is InChI=1S/C13H16N4O4S/c1-14-9-4-6-10(7-5-9)22(18,19)17-12-11(20-2)13(21-3)16-8-15-12/h4-8,14H,1-3H3,(H,15,16,17). The summed E-state index contributed by atoms with van der Waals surface area (Å²) in [6.45, 7) is 0. The van der Waals surface area contributed by atoms with Gasteiger partial charge in [-0.3, -0.25) is 4.72 Å². The summed E-state index contributed by atoms with van der Waals surface area (Å²) in [6, 6.07) is 6.29. The highest BCUT2D eigenvalue weighted by Gasteiger charge is 2.20. The summed E-state index contributed by atoms with van der Waals surface area (Å²) in [6.07, 6.45) is 1.18. The first-order valence-corrected chi connectivity index (χ1v) is 7.73. The summed E-state index contributed by atoms with van der Waals surface area (Å²) in [5.41, 5.74) is 0.806. The van der Waals surface area contributed by atoms with E-state index >= 15 is 0 Å². The molecule has 0 saturated heterocycles. The van der Waals surface area contributed by atoms with Gasteiger partial charge in [-0.1, -0.05) is 0 Å². The summed E-state index contributed by atoms with van der Waals surface area (Å²) in [7, 11) is 0.728. The molecule has 0 bridgehead atoms. The summed E-state index contributed by atoms with van der Waals surface area (Å²) in [4.78, 5) is 7.84. The molecule has 0 fully saturated rings. The van der Waals surface area contributed by atoms with Gasteiger partial charge in [0.25, 0.3) is 15.9 Å². The fraction of sp³-hybridized carbons (Fsp3) is 0.231. The first kappa shape index (κ1) is 15.8. The first-order valence-electron chi connectivity index (χ1n) is 6.25. The van der Waals surface area contributed by atoms with E-state index in [-0.39, 0.29) is 22.3 Å². The second-order valence-corrected chi connectivity index (χ2v) is 5.83. The summed E-state index contributed by atoms with van der Waals surface area (Å²) in [5, 5.41) is 2.92. The van der Waals surface area contributed by atoms with Gasteiger partial charge in [-0.05, 0) is 24.3 Å². The molecule has 0 unspecified atom stereocenters. The van der Waals surface area contributed by atoms with Crippen molar-refractivity contribution in [3.05, 3.63) is 30.6 Å². The number of benzene rings is 1. The molecule has 0 atom stereocenters. The van der Waals surface area contributed by atoms with Gasteiger partial charge in [0.1, 0.15) is 6.33 Å². The van der Waals surface area contributed by atoms with Gasteiger partial charge in [-0.2, -0.15) is 4.98 Å². The van der Waals surface area contributed by atoms with Gasteiger partial charge in [0, 0.05) is 12.7 Å². The number of nitrogens with zero attached hydrogens (tertiary/aromatic N) is 2. The van der Waals surface area contributed by atoms with Crippen LogP contribution in [-0.2, 0) is 10.0 Å². The molecule has 0 amide bonds. The van der Waals surface area contributed by atoms with E-state index in [0.717, 1.165) is 5.69 Å². The van der Waals surface area contributed by atoms with Crippen molar-refractivity contribution in [2.24, 2.45) is 0 Å². The number of methoxy groups -OCH3 is 2. The van der Waals surface area contributed by atoms with E-state index in [1.54, 1.807) is 19.2 Å². The van der Waals surface area contributed by atoms with Crippen LogP contribution >= 0.6 is 0 Å². The van der Waals surface area contributed by atoms with E-state index in [1.165, 1.54) is 32.7 Å². The monoisotopic (exact) mass is 324 g/mol. The number of ether oxygens (including phenoxy) is 2. The number of anilines is 2. The fourth-order valence-corrected chi connectivity index (χ4v) is 2.76. The lowest BCUT2D eigenvalue weighted by atomic mass is 10.3. The average molecular weight is 324 g/mol. The molecule has 0 aliphatic rings. The average Bonchev–Trinajstić information content (AvgIpc) is 2.54.